The van der Waals surface area contributed by atoms with Crippen molar-refractivity contribution in [2.45, 2.75) is 19.1 Å². The van der Waals surface area contributed by atoms with Crippen LogP contribution in [0.25, 0.3) is 0 Å². The van der Waals surface area contributed by atoms with Crippen molar-refractivity contribution >= 4 is 0 Å². The highest BCUT2D eigenvalue weighted by Crippen LogP contribution is 2.27. The van der Waals surface area contributed by atoms with Crippen LogP contribution in [0.2, 0.25) is 0 Å². The van der Waals surface area contributed by atoms with Gasteiger partial charge in [-0.2, -0.15) is 14.0 Å². The van der Waals surface area contributed by atoms with Crippen molar-refractivity contribution in [2.75, 3.05) is 0 Å². The minimum absolute atomic E-state index is 0.102. The van der Waals surface area contributed by atoms with Gasteiger partial charge in [-0.15, -0.1) is 0 Å². The summed E-state index contributed by atoms with van der Waals surface area (Å²) in [6, 6.07) is 7.61. The molecule has 0 aliphatic heterocycles. The second-order valence-corrected chi connectivity index (χ2v) is 2.79. The lowest BCUT2D eigenvalue weighted by Crippen LogP contribution is -2.06. The van der Waals surface area contributed by atoms with Crippen molar-refractivity contribution in [3.63, 3.8) is 0 Å². The molecule has 3 nitrogen and oxygen atoms in total. The Bertz CT molecular complexity index is 363. The molecule has 0 heterocycles. The number of alkyl halides is 2. The highest BCUT2D eigenvalue weighted by molar-refractivity contribution is 5.35. The summed E-state index contributed by atoms with van der Waals surface area (Å²) < 4.78 is 28.2. The molecule has 1 atom stereocenters. The third-order valence-electron chi connectivity index (χ3n) is 1.78. The first-order valence-electron chi connectivity index (χ1n) is 4.24. The van der Waals surface area contributed by atoms with Crippen LogP contribution in [0.4, 0.5) is 8.78 Å². The SMILES string of the molecule is N#CCC(O)c1ccccc1OC(F)F. The number of aliphatic hydroxyl groups is 1. The average molecular weight is 213 g/mol. The van der Waals surface area contributed by atoms with Crippen LogP contribution in [0.1, 0.15) is 18.1 Å². The first kappa shape index (κ1) is 11.4. The van der Waals surface area contributed by atoms with Crippen LogP contribution >= 0.6 is 0 Å². The van der Waals surface area contributed by atoms with Gasteiger partial charge in [0, 0.05) is 5.56 Å². The summed E-state index contributed by atoms with van der Waals surface area (Å²) in [5.41, 5.74) is 0.194. The molecule has 0 bridgehead atoms. The second kappa shape index (κ2) is 5.27. The molecule has 15 heavy (non-hydrogen) atoms. The normalized spacial score (nSPS) is 12.2. The molecule has 1 aromatic rings. The zero-order valence-corrected chi connectivity index (χ0v) is 7.73. The zero-order chi connectivity index (χ0) is 11.3. The zero-order valence-electron chi connectivity index (χ0n) is 7.73. The predicted molar refractivity (Wildman–Crippen MR) is 48.3 cm³/mol. The molecule has 0 radical (unpaired) electrons. The van der Waals surface area contributed by atoms with Gasteiger partial charge in [-0.3, -0.25) is 0 Å². The maximum atomic E-state index is 12.0. The summed E-state index contributed by atoms with van der Waals surface area (Å²) in [6.45, 7) is -2.94. The number of hydrogen-bond acceptors (Lipinski definition) is 3. The molecule has 0 aromatic heterocycles. The van der Waals surface area contributed by atoms with Crippen LogP contribution in [-0.4, -0.2) is 11.7 Å². The van der Waals surface area contributed by atoms with Gasteiger partial charge in [-0.05, 0) is 6.07 Å². The molecule has 1 aromatic carbocycles. The van der Waals surface area contributed by atoms with Crippen molar-refractivity contribution < 1.29 is 18.6 Å². The van der Waals surface area contributed by atoms with E-state index in [9.17, 15) is 13.9 Å². The van der Waals surface area contributed by atoms with E-state index in [4.69, 9.17) is 5.26 Å². The Morgan fingerprint density at radius 2 is 2.07 bits per heavy atom. The molecule has 0 saturated heterocycles. The summed E-state index contributed by atoms with van der Waals surface area (Å²) in [6.07, 6.45) is -1.27. The fourth-order valence-corrected chi connectivity index (χ4v) is 1.16. The number of halogens is 2. The van der Waals surface area contributed by atoms with E-state index in [2.05, 4.69) is 4.74 Å². The van der Waals surface area contributed by atoms with Crippen LogP contribution in [0.15, 0.2) is 24.3 Å². The molecule has 0 saturated carbocycles. The van der Waals surface area contributed by atoms with E-state index in [-0.39, 0.29) is 17.7 Å². The molecule has 1 rings (SSSR count). The molecule has 5 heteroatoms. The monoisotopic (exact) mass is 213 g/mol. The standard InChI is InChI=1S/C10H9F2NO2/c11-10(12)15-9-4-2-1-3-7(9)8(14)5-6-13/h1-4,8,10,14H,5H2. The highest BCUT2D eigenvalue weighted by Gasteiger charge is 2.15. The van der Waals surface area contributed by atoms with Gasteiger partial charge in [-0.25, -0.2) is 0 Å². The Hall–Kier alpha value is -1.67. The number of aliphatic hydroxyl groups excluding tert-OH is 1. The van der Waals surface area contributed by atoms with E-state index < -0.39 is 12.7 Å². The Kier molecular flexibility index (Phi) is 4.01. The molecular weight excluding hydrogens is 204 g/mol. The maximum Gasteiger partial charge on any atom is 0.387 e. The number of para-hydroxylation sites is 1. The third-order valence-corrected chi connectivity index (χ3v) is 1.78. The molecule has 0 aliphatic rings. The van der Waals surface area contributed by atoms with Gasteiger partial charge in [-0.1, -0.05) is 18.2 Å². The third kappa shape index (κ3) is 3.18. The van der Waals surface area contributed by atoms with Gasteiger partial charge in [0.1, 0.15) is 5.75 Å². The van der Waals surface area contributed by atoms with Crippen molar-refractivity contribution in [3.05, 3.63) is 29.8 Å². The summed E-state index contributed by atoms with van der Waals surface area (Å²) in [4.78, 5) is 0. The first-order chi connectivity index (χ1) is 7.15. The van der Waals surface area contributed by atoms with Gasteiger partial charge in [0.15, 0.2) is 0 Å². The van der Waals surface area contributed by atoms with Gasteiger partial charge >= 0.3 is 6.61 Å². The molecule has 1 unspecified atom stereocenters. The fraction of sp³-hybridized carbons (Fsp3) is 0.300. The van der Waals surface area contributed by atoms with E-state index in [1.54, 1.807) is 12.1 Å². The van der Waals surface area contributed by atoms with Crippen molar-refractivity contribution in [3.8, 4) is 11.8 Å². The number of nitriles is 1. The number of rotatable bonds is 4. The van der Waals surface area contributed by atoms with E-state index >= 15 is 0 Å². The fourth-order valence-electron chi connectivity index (χ4n) is 1.16. The lowest BCUT2D eigenvalue weighted by atomic mass is 10.1. The van der Waals surface area contributed by atoms with E-state index in [1.807, 2.05) is 0 Å². The van der Waals surface area contributed by atoms with E-state index in [0.29, 0.717) is 0 Å². The molecule has 0 amide bonds. The number of benzene rings is 1. The lowest BCUT2D eigenvalue weighted by molar-refractivity contribution is -0.0515. The largest absolute Gasteiger partial charge is 0.434 e. The van der Waals surface area contributed by atoms with Crippen LogP contribution in [0.3, 0.4) is 0 Å². The Labute approximate surface area is 85.5 Å². The minimum atomic E-state index is -2.94. The van der Waals surface area contributed by atoms with Gasteiger partial charge in [0.2, 0.25) is 0 Å². The topological polar surface area (TPSA) is 53.2 Å². The first-order valence-corrected chi connectivity index (χ1v) is 4.24. The molecule has 0 spiro atoms. The predicted octanol–water partition coefficient (Wildman–Crippen LogP) is 2.24. The smallest absolute Gasteiger partial charge is 0.387 e. The summed E-state index contributed by atoms with van der Waals surface area (Å²) in [5, 5.41) is 17.8. The maximum absolute atomic E-state index is 12.0. The highest BCUT2D eigenvalue weighted by atomic mass is 19.3. The van der Waals surface area contributed by atoms with Crippen molar-refractivity contribution in [1.29, 1.82) is 5.26 Å². The summed E-state index contributed by atoms with van der Waals surface area (Å²) in [7, 11) is 0. The molecular formula is C10H9F2NO2. The lowest BCUT2D eigenvalue weighted by Gasteiger charge is -2.13. The van der Waals surface area contributed by atoms with Crippen molar-refractivity contribution in [2.24, 2.45) is 0 Å². The van der Waals surface area contributed by atoms with Gasteiger partial charge in [0.05, 0.1) is 18.6 Å². The number of nitrogens with zero attached hydrogens (tertiary/aromatic N) is 1. The Morgan fingerprint density at radius 3 is 2.67 bits per heavy atom. The van der Waals surface area contributed by atoms with Crippen LogP contribution in [-0.2, 0) is 0 Å². The summed E-state index contributed by atoms with van der Waals surface area (Å²) in [5.74, 6) is -0.102. The molecule has 0 fully saturated rings. The van der Waals surface area contributed by atoms with Crippen molar-refractivity contribution in [1.82, 2.24) is 0 Å². The van der Waals surface area contributed by atoms with E-state index in [0.717, 1.165) is 0 Å². The molecule has 1 N–H and O–H groups in total. The number of hydrogen-bond donors (Lipinski definition) is 1. The number of ether oxygens (including phenoxy) is 1. The Morgan fingerprint density at radius 1 is 1.40 bits per heavy atom. The van der Waals surface area contributed by atoms with Crippen LogP contribution < -0.4 is 4.74 Å². The summed E-state index contributed by atoms with van der Waals surface area (Å²) >= 11 is 0. The van der Waals surface area contributed by atoms with E-state index in [1.165, 1.54) is 18.2 Å². The van der Waals surface area contributed by atoms with Gasteiger partial charge < -0.3 is 9.84 Å². The second-order valence-electron chi connectivity index (χ2n) is 2.79. The average Bonchev–Trinajstić information content (AvgIpc) is 2.18. The van der Waals surface area contributed by atoms with Gasteiger partial charge in [0.25, 0.3) is 0 Å². The quantitative estimate of drug-likeness (QED) is 0.834. The molecule has 80 valence electrons. The van der Waals surface area contributed by atoms with Crippen LogP contribution in [0, 0.1) is 11.3 Å². The Balaban J connectivity index is 2.91. The molecule has 0 aliphatic carbocycles. The minimum Gasteiger partial charge on any atom is -0.434 e. The van der Waals surface area contributed by atoms with Crippen LogP contribution in [0.5, 0.6) is 5.75 Å².